The van der Waals surface area contributed by atoms with Crippen molar-refractivity contribution in [1.82, 2.24) is 4.98 Å². The maximum Gasteiger partial charge on any atom is 0.433 e. The summed E-state index contributed by atoms with van der Waals surface area (Å²) in [5, 5.41) is 4.02. The summed E-state index contributed by atoms with van der Waals surface area (Å²) in [6.45, 7) is 2.94. The molecular weight excluding hydrogens is 469 g/mol. The Labute approximate surface area is 207 Å². The van der Waals surface area contributed by atoms with Gasteiger partial charge in [-0.3, -0.25) is 4.79 Å². The smallest absolute Gasteiger partial charge is 0.382 e. The Balaban J connectivity index is 1.34. The summed E-state index contributed by atoms with van der Waals surface area (Å²) in [4.78, 5) is 18.2. The highest BCUT2D eigenvalue weighted by Gasteiger charge is 2.34. The van der Waals surface area contributed by atoms with Crippen LogP contribution in [0.15, 0.2) is 48.5 Å². The predicted octanol–water partition coefficient (Wildman–Crippen LogP) is 5.33. The first-order chi connectivity index (χ1) is 17.3. The van der Waals surface area contributed by atoms with Crippen molar-refractivity contribution in [2.24, 2.45) is 5.73 Å². The lowest BCUT2D eigenvalue weighted by Crippen LogP contribution is -2.36. The van der Waals surface area contributed by atoms with Crippen molar-refractivity contribution in [2.75, 3.05) is 36.5 Å². The number of primary amides is 1. The van der Waals surface area contributed by atoms with Crippen molar-refractivity contribution >= 4 is 28.2 Å². The van der Waals surface area contributed by atoms with E-state index in [4.69, 9.17) is 10.5 Å². The number of alkyl halides is 3. The molecule has 0 unspecified atom stereocenters. The van der Waals surface area contributed by atoms with Gasteiger partial charge in [0.25, 0.3) is 0 Å². The van der Waals surface area contributed by atoms with Gasteiger partial charge in [-0.25, -0.2) is 4.98 Å². The molecule has 2 aromatic carbocycles. The molecule has 0 radical (unpaired) electrons. The van der Waals surface area contributed by atoms with Gasteiger partial charge in [0, 0.05) is 41.5 Å². The van der Waals surface area contributed by atoms with E-state index in [1.807, 2.05) is 12.1 Å². The fraction of sp³-hybridized carbons (Fsp3) is 0.407. The zero-order valence-corrected chi connectivity index (χ0v) is 19.9. The lowest BCUT2D eigenvalue weighted by atomic mass is 9.79. The lowest BCUT2D eigenvalue weighted by molar-refractivity contribution is -0.140. The van der Waals surface area contributed by atoms with Gasteiger partial charge in [-0.15, -0.1) is 0 Å². The number of nitrogens with two attached hydrogens (primary N) is 1. The van der Waals surface area contributed by atoms with Crippen molar-refractivity contribution in [3.63, 3.8) is 0 Å². The third kappa shape index (κ3) is 5.11. The number of halogens is 3. The number of hydrogen-bond acceptors (Lipinski definition) is 5. The van der Waals surface area contributed by atoms with Crippen LogP contribution in [-0.4, -0.2) is 43.2 Å². The van der Waals surface area contributed by atoms with Crippen LogP contribution in [0.4, 0.5) is 24.5 Å². The molecule has 6 nitrogen and oxygen atoms in total. The number of fused-ring (bicyclic) bond motifs is 1. The highest BCUT2D eigenvalue weighted by molar-refractivity contribution is 5.95. The van der Waals surface area contributed by atoms with Crippen molar-refractivity contribution in [3.05, 3.63) is 65.4 Å². The maximum absolute atomic E-state index is 13.4. The van der Waals surface area contributed by atoms with E-state index in [9.17, 15) is 18.0 Å². The molecule has 1 amide bonds. The standard InChI is InChI=1S/C27H29F3N4O2/c28-27(29,30)25-16-24(21-3-1-2-4-23(21)33-25)32-18-7-5-17(6-8-18)22-15-19(9-10-20(22)26(31)35)34-11-13-36-14-12-34/h1-4,9-10,15-18H,5-8,11-14H2,(H2,31,35)(H,32,33). The van der Waals surface area contributed by atoms with Gasteiger partial charge in [-0.05, 0) is 67.5 Å². The Kier molecular flexibility index (Phi) is 6.75. The zero-order valence-electron chi connectivity index (χ0n) is 19.9. The summed E-state index contributed by atoms with van der Waals surface area (Å²) in [6, 6.07) is 13.8. The van der Waals surface area contributed by atoms with Crippen LogP contribution in [0.5, 0.6) is 0 Å². The van der Waals surface area contributed by atoms with E-state index in [0.29, 0.717) is 35.4 Å². The van der Waals surface area contributed by atoms with Gasteiger partial charge >= 0.3 is 6.18 Å². The summed E-state index contributed by atoms with van der Waals surface area (Å²) >= 11 is 0. The number of para-hydroxylation sites is 1. The fourth-order valence-electron chi connectivity index (χ4n) is 5.34. The topological polar surface area (TPSA) is 80.5 Å². The summed E-state index contributed by atoms with van der Waals surface area (Å²) in [5.74, 6) is -0.284. The van der Waals surface area contributed by atoms with E-state index in [-0.39, 0.29) is 12.0 Å². The van der Waals surface area contributed by atoms with Crippen molar-refractivity contribution in [3.8, 4) is 0 Å². The van der Waals surface area contributed by atoms with Crippen LogP contribution in [0.25, 0.3) is 10.9 Å². The van der Waals surface area contributed by atoms with E-state index in [1.54, 1.807) is 24.3 Å². The van der Waals surface area contributed by atoms with E-state index < -0.39 is 17.8 Å². The van der Waals surface area contributed by atoms with Crippen LogP contribution in [0.1, 0.15) is 53.2 Å². The molecule has 0 atom stereocenters. The second-order valence-electron chi connectivity index (χ2n) is 9.50. The quantitative estimate of drug-likeness (QED) is 0.497. The molecule has 1 aromatic heterocycles. The number of carbonyl (C=O) groups is 1. The summed E-state index contributed by atoms with van der Waals surface area (Å²) in [5.41, 5.74) is 8.12. The number of nitrogens with one attached hydrogen (secondary N) is 1. The molecule has 3 aromatic rings. The molecule has 0 bridgehead atoms. The number of nitrogens with zero attached hydrogens (tertiary/aromatic N) is 2. The molecule has 5 rings (SSSR count). The summed E-state index contributed by atoms with van der Waals surface area (Å²) in [6.07, 6.45) is -1.38. The monoisotopic (exact) mass is 498 g/mol. The minimum Gasteiger partial charge on any atom is -0.382 e. The predicted molar refractivity (Wildman–Crippen MR) is 133 cm³/mol. The molecule has 1 saturated heterocycles. The molecule has 190 valence electrons. The normalized spacial score (nSPS) is 20.9. The molecular formula is C27H29F3N4O2. The van der Waals surface area contributed by atoms with Gasteiger partial charge in [0.15, 0.2) is 0 Å². The van der Waals surface area contributed by atoms with Crippen LogP contribution in [0.2, 0.25) is 0 Å². The number of amides is 1. The first-order valence-corrected chi connectivity index (χ1v) is 12.3. The molecule has 3 N–H and O–H groups in total. The third-order valence-corrected chi connectivity index (χ3v) is 7.21. The Morgan fingerprint density at radius 2 is 1.75 bits per heavy atom. The molecule has 0 spiro atoms. The molecule has 2 aliphatic rings. The van der Waals surface area contributed by atoms with Crippen LogP contribution in [-0.2, 0) is 10.9 Å². The average Bonchev–Trinajstić information content (AvgIpc) is 2.88. The molecule has 1 aliphatic carbocycles. The molecule has 36 heavy (non-hydrogen) atoms. The van der Waals surface area contributed by atoms with E-state index in [0.717, 1.165) is 56.1 Å². The van der Waals surface area contributed by atoms with Gasteiger partial charge in [0.1, 0.15) is 5.69 Å². The number of ether oxygens (including phenoxy) is 1. The highest BCUT2D eigenvalue weighted by atomic mass is 19.4. The fourth-order valence-corrected chi connectivity index (χ4v) is 5.34. The maximum atomic E-state index is 13.4. The van der Waals surface area contributed by atoms with Crippen LogP contribution in [0, 0.1) is 0 Å². The van der Waals surface area contributed by atoms with Crippen LogP contribution >= 0.6 is 0 Å². The van der Waals surface area contributed by atoms with Crippen LogP contribution < -0.4 is 16.0 Å². The number of hydrogen-bond donors (Lipinski definition) is 2. The average molecular weight is 499 g/mol. The number of benzene rings is 2. The SMILES string of the molecule is NC(=O)c1ccc(N2CCOCC2)cc1C1CCC(Nc2cc(C(F)(F)F)nc3ccccc23)CC1. The molecule has 1 aliphatic heterocycles. The second kappa shape index (κ2) is 9.97. The van der Waals surface area contributed by atoms with Crippen molar-refractivity contribution in [2.45, 2.75) is 43.8 Å². The van der Waals surface area contributed by atoms with Crippen molar-refractivity contribution < 1.29 is 22.7 Å². The van der Waals surface area contributed by atoms with Gasteiger partial charge in [-0.2, -0.15) is 13.2 Å². The molecule has 9 heteroatoms. The minimum atomic E-state index is -4.52. The molecule has 2 heterocycles. The summed E-state index contributed by atoms with van der Waals surface area (Å²) < 4.78 is 45.8. The Hall–Kier alpha value is -3.33. The van der Waals surface area contributed by atoms with E-state index in [1.165, 1.54) is 0 Å². The Bertz CT molecular complexity index is 1250. The number of aromatic nitrogens is 1. The zero-order chi connectivity index (χ0) is 25.3. The number of pyridine rings is 1. The van der Waals surface area contributed by atoms with Crippen molar-refractivity contribution in [1.29, 1.82) is 0 Å². The van der Waals surface area contributed by atoms with Gasteiger partial charge in [0.05, 0.1) is 18.7 Å². The summed E-state index contributed by atoms with van der Waals surface area (Å²) in [7, 11) is 0. The Morgan fingerprint density at radius 3 is 2.44 bits per heavy atom. The molecule has 2 fully saturated rings. The van der Waals surface area contributed by atoms with E-state index >= 15 is 0 Å². The first-order valence-electron chi connectivity index (χ1n) is 12.3. The van der Waals surface area contributed by atoms with Gasteiger partial charge < -0.3 is 20.7 Å². The number of anilines is 2. The highest BCUT2D eigenvalue weighted by Crippen LogP contribution is 2.39. The number of carbonyl (C=O) groups excluding carboxylic acids is 1. The Morgan fingerprint density at radius 1 is 1.03 bits per heavy atom. The lowest BCUT2D eigenvalue weighted by Gasteiger charge is -2.33. The molecule has 1 saturated carbocycles. The second-order valence-corrected chi connectivity index (χ2v) is 9.50. The largest absolute Gasteiger partial charge is 0.433 e. The van der Waals surface area contributed by atoms with Gasteiger partial charge in [-0.1, -0.05) is 18.2 Å². The third-order valence-electron chi connectivity index (χ3n) is 7.21. The van der Waals surface area contributed by atoms with E-state index in [2.05, 4.69) is 21.3 Å². The van der Waals surface area contributed by atoms with Gasteiger partial charge in [0.2, 0.25) is 5.91 Å². The number of rotatable bonds is 5. The minimum absolute atomic E-state index is 0.0209. The van der Waals surface area contributed by atoms with Crippen LogP contribution in [0.3, 0.4) is 0 Å². The first kappa shape index (κ1) is 24.4. The number of morpholine rings is 1.